The Hall–Kier alpha value is -3.85. The number of aromatic nitrogens is 1. The number of halogens is 1. The fraction of sp³-hybridized carbons (Fsp3) is 0.276. The van der Waals surface area contributed by atoms with Crippen LogP contribution in [0.25, 0.3) is 21.8 Å². The van der Waals surface area contributed by atoms with E-state index in [9.17, 15) is 18.8 Å². The van der Waals surface area contributed by atoms with Crippen molar-refractivity contribution in [3.63, 3.8) is 0 Å². The fourth-order valence-corrected chi connectivity index (χ4v) is 7.37. The summed E-state index contributed by atoms with van der Waals surface area (Å²) < 4.78 is 21.1. The smallest absolute Gasteiger partial charge is 0.330 e. The Kier molecular flexibility index (Phi) is 6.10. The zero-order valence-corrected chi connectivity index (χ0v) is 21.6. The van der Waals surface area contributed by atoms with Gasteiger partial charge in [0.25, 0.3) is 5.91 Å². The maximum atomic E-state index is 13.5. The molecule has 4 aromatic rings. The number of fused-ring (bicyclic) bond motifs is 4. The Morgan fingerprint density at radius 2 is 1.84 bits per heavy atom. The standard InChI is InChI=1S/C29H26FN3O4S/c1-2-32-23-6-4-3-5-21(23)22-15-20(11-12-24(22)32)31-26(34)16-37-28(36)25-17-38-29(14-13-27(35)33(25)29)18-7-9-19(30)10-8-18/h3-12,15,25H,2,13-14,16-17H2,1H3,(H,31,34). The average Bonchev–Trinajstić information content (AvgIpc) is 3.58. The highest BCUT2D eigenvalue weighted by Gasteiger charge is 2.57. The van der Waals surface area contributed by atoms with Gasteiger partial charge in [0, 0.05) is 46.2 Å². The van der Waals surface area contributed by atoms with Crippen molar-refractivity contribution in [3.05, 3.63) is 78.1 Å². The maximum Gasteiger partial charge on any atom is 0.330 e. The quantitative estimate of drug-likeness (QED) is 0.353. The van der Waals surface area contributed by atoms with Crippen LogP contribution in [0.2, 0.25) is 0 Å². The van der Waals surface area contributed by atoms with E-state index in [0.717, 1.165) is 33.9 Å². The van der Waals surface area contributed by atoms with Gasteiger partial charge < -0.3 is 19.5 Å². The average molecular weight is 532 g/mol. The van der Waals surface area contributed by atoms with Gasteiger partial charge in [-0.2, -0.15) is 0 Å². The van der Waals surface area contributed by atoms with Gasteiger partial charge in [0.2, 0.25) is 5.91 Å². The van der Waals surface area contributed by atoms with Gasteiger partial charge in [0.05, 0.1) is 0 Å². The molecule has 0 saturated carbocycles. The molecule has 6 rings (SSSR count). The lowest BCUT2D eigenvalue weighted by Crippen LogP contribution is -2.47. The summed E-state index contributed by atoms with van der Waals surface area (Å²) >= 11 is 1.48. The van der Waals surface area contributed by atoms with Gasteiger partial charge in [-0.1, -0.05) is 30.3 Å². The molecule has 2 aliphatic heterocycles. The van der Waals surface area contributed by atoms with Gasteiger partial charge in [0.15, 0.2) is 6.61 Å². The summed E-state index contributed by atoms with van der Waals surface area (Å²) in [4.78, 5) is 39.3. The molecule has 2 aliphatic rings. The van der Waals surface area contributed by atoms with Gasteiger partial charge in [-0.05, 0) is 55.3 Å². The van der Waals surface area contributed by atoms with E-state index < -0.39 is 29.4 Å². The van der Waals surface area contributed by atoms with Crippen LogP contribution in [0, 0.1) is 5.82 Å². The SMILES string of the molecule is CCn1c2ccccc2c2cc(NC(=O)COC(=O)C3CSC4(c5ccc(F)cc5)CCC(=O)N34)ccc21. The van der Waals surface area contributed by atoms with E-state index in [4.69, 9.17) is 4.74 Å². The summed E-state index contributed by atoms with van der Waals surface area (Å²) in [6.07, 6.45) is 0.828. The second-order valence-electron chi connectivity index (χ2n) is 9.53. The predicted molar refractivity (Wildman–Crippen MR) is 145 cm³/mol. The highest BCUT2D eigenvalue weighted by atomic mass is 32.2. The van der Waals surface area contributed by atoms with E-state index in [1.165, 1.54) is 23.9 Å². The van der Waals surface area contributed by atoms with Crippen molar-refractivity contribution in [2.24, 2.45) is 0 Å². The molecule has 3 heterocycles. The van der Waals surface area contributed by atoms with Crippen LogP contribution in [0.4, 0.5) is 10.1 Å². The number of hydrogen-bond donors (Lipinski definition) is 1. The molecular weight excluding hydrogens is 505 g/mol. The zero-order valence-electron chi connectivity index (χ0n) is 20.8. The molecule has 2 amide bonds. The van der Waals surface area contributed by atoms with E-state index in [-0.39, 0.29) is 11.7 Å². The van der Waals surface area contributed by atoms with Crippen molar-refractivity contribution >= 4 is 57.0 Å². The molecule has 0 bridgehead atoms. The second kappa shape index (κ2) is 9.47. The first-order chi connectivity index (χ1) is 18.4. The molecule has 1 N–H and O–H groups in total. The molecule has 0 spiro atoms. The number of esters is 1. The number of rotatable bonds is 6. The molecule has 2 fully saturated rings. The number of carbonyl (C=O) groups is 3. The first-order valence-corrected chi connectivity index (χ1v) is 13.6. The number of hydrogen-bond acceptors (Lipinski definition) is 5. The first-order valence-electron chi connectivity index (χ1n) is 12.6. The van der Waals surface area contributed by atoms with Crippen LogP contribution in [-0.2, 0) is 30.5 Å². The van der Waals surface area contributed by atoms with Gasteiger partial charge in [-0.3, -0.25) is 9.59 Å². The predicted octanol–water partition coefficient (Wildman–Crippen LogP) is 5.03. The number of carbonyl (C=O) groups excluding carboxylic acids is 3. The Morgan fingerprint density at radius 3 is 2.63 bits per heavy atom. The van der Waals surface area contributed by atoms with Crippen LogP contribution in [0.1, 0.15) is 25.3 Å². The number of nitrogens with one attached hydrogen (secondary N) is 1. The number of amides is 2. The summed E-state index contributed by atoms with van der Waals surface area (Å²) in [5, 5.41) is 4.95. The summed E-state index contributed by atoms with van der Waals surface area (Å²) in [6.45, 7) is 2.46. The monoisotopic (exact) mass is 531 g/mol. The van der Waals surface area contributed by atoms with Gasteiger partial charge in [-0.25, -0.2) is 9.18 Å². The van der Waals surface area contributed by atoms with Gasteiger partial charge in [-0.15, -0.1) is 11.8 Å². The van der Waals surface area contributed by atoms with Gasteiger partial charge in [0.1, 0.15) is 16.7 Å². The number of benzene rings is 3. The molecule has 38 heavy (non-hydrogen) atoms. The Bertz CT molecular complexity index is 1580. The molecule has 0 radical (unpaired) electrons. The summed E-state index contributed by atoms with van der Waals surface area (Å²) in [5.41, 5.74) is 3.60. The number of thioether (sulfide) groups is 1. The van der Waals surface area contributed by atoms with Crippen molar-refractivity contribution in [1.82, 2.24) is 9.47 Å². The minimum absolute atomic E-state index is 0.148. The van der Waals surface area contributed by atoms with Crippen molar-refractivity contribution < 1.29 is 23.5 Å². The lowest BCUT2D eigenvalue weighted by molar-refractivity contribution is -0.155. The van der Waals surface area contributed by atoms with Crippen molar-refractivity contribution in [1.29, 1.82) is 0 Å². The van der Waals surface area contributed by atoms with Gasteiger partial charge >= 0.3 is 5.97 Å². The Balaban J connectivity index is 1.14. The highest BCUT2D eigenvalue weighted by molar-refractivity contribution is 8.00. The molecule has 7 nitrogen and oxygen atoms in total. The van der Waals surface area contributed by atoms with E-state index in [0.29, 0.717) is 24.3 Å². The van der Waals surface area contributed by atoms with E-state index in [1.54, 1.807) is 17.0 Å². The van der Waals surface area contributed by atoms with Crippen LogP contribution >= 0.6 is 11.8 Å². The minimum Gasteiger partial charge on any atom is -0.454 e. The number of nitrogens with zero attached hydrogens (tertiary/aromatic N) is 2. The normalized spacial score (nSPS) is 20.7. The third-order valence-electron chi connectivity index (χ3n) is 7.41. The lowest BCUT2D eigenvalue weighted by atomic mass is 10.0. The molecular formula is C29H26FN3O4S. The molecule has 2 saturated heterocycles. The van der Waals surface area contributed by atoms with Crippen LogP contribution in [0.5, 0.6) is 0 Å². The van der Waals surface area contributed by atoms with Crippen molar-refractivity contribution in [3.8, 4) is 0 Å². The van der Waals surface area contributed by atoms with Crippen molar-refractivity contribution in [2.45, 2.75) is 37.2 Å². The largest absolute Gasteiger partial charge is 0.454 e. The molecule has 1 aromatic heterocycles. The summed E-state index contributed by atoms with van der Waals surface area (Å²) in [5.74, 6) is -1.23. The maximum absolute atomic E-state index is 13.5. The number of para-hydroxylation sites is 1. The fourth-order valence-electron chi connectivity index (χ4n) is 5.73. The third-order valence-corrected chi connectivity index (χ3v) is 9.01. The van der Waals surface area contributed by atoms with E-state index >= 15 is 0 Å². The molecule has 2 atom stereocenters. The minimum atomic E-state index is -0.802. The third kappa shape index (κ3) is 3.93. The Labute approximate surface area is 222 Å². The van der Waals surface area contributed by atoms with Crippen LogP contribution in [0.3, 0.4) is 0 Å². The van der Waals surface area contributed by atoms with Crippen LogP contribution in [0.15, 0.2) is 66.7 Å². The van der Waals surface area contributed by atoms with Crippen molar-refractivity contribution in [2.75, 3.05) is 17.7 Å². The van der Waals surface area contributed by atoms with E-state index in [2.05, 4.69) is 28.9 Å². The van der Waals surface area contributed by atoms with Crippen LogP contribution < -0.4 is 5.32 Å². The molecule has 9 heteroatoms. The number of anilines is 1. The number of ether oxygens (including phenoxy) is 1. The molecule has 194 valence electrons. The summed E-state index contributed by atoms with van der Waals surface area (Å²) in [6, 6.07) is 19.1. The molecule has 0 aliphatic carbocycles. The summed E-state index contributed by atoms with van der Waals surface area (Å²) in [7, 11) is 0. The molecule has 2 unspecified atom stereocenters. The zero-order chi connectivity index (χ0) is 26.4. The second-order valence-corrected chi connectivity index (χ2v) is 10.8. The first kappa shape index (κ1) is 24.5. The highest BCUT2D eigenvalue weighted by Crippen LogP contribution is 2.54. The Morgan fingerprint density at radius 1 is 1.08 bits per heavy atom. The topological polar surface area (TPSA) is 80.6 Å². The number of aryl methyl sites for hydroxylation is 1. The van der Waals surface area contributed by atoms with Crippen LogP contribution in [-0.4, -0.2) is 45.7 Å². The van der Waals surface area contributed by atoms with E-state index in [1.807, 2.05) is 30.3 Å². The lowest BCUT2D eigenvalue weighted by Gasteiger charge is -2.33. The molecule has 3 aromatic carbocycles.